The zero-order valence-corrected chi connectivity index (χ0v) is 19.6. The van der Waals surface area contributed by atoms with Crippen LogP contribution in [-0.4, -0.2) is 18.8 Å². The molecule has 8 nitrogen and oxygen atoms in total. The molecule has 2 aliphatic rings. The van der Waals surface area contributed by atoms with Gasteiger partial charge in [0.1, 0.15) is 18.5 Å². The lowest BCUT2D eigenvalue weighted by molar-refractivity contribution is -0.140. The highest BCUT2D eigenvalue weighted by Gasteiger charge is 2.33. The molecule has 5 rings (SSSR count). The third-order valence-electron chi connectivity index (χ3n) is 6.13. The molecule has 1 unspecified atom stereocenters. The number of hydrogen-bond donors (Lipinski definition) is 2. The second-order valence-corrected chi connectivity index (χ2v) is 8.52. The Morgan fingerprint density at radius 3 is 2.62 bits per heavy atom. The summed E-state index contributed by atoms with van der Waals surface area (Å²) < 4.78 is 30.1. The molecular formula is C28H22FN3O5. The summed E-state index contributed by atoms with van der Waals surface area (Å²) in [6, 6.07) is 19.3. The quantitative estimate of drug-likeness (QED) is 0.466. The maximum atomic E-state index is 13.7. The van der Waals surface area contributed by atoms with Crippen molar-refractivity contribution in [1.29, 1.82) is 5.26 Å². The molecule has 2 heterocycles. The van der Waals surface area contributed by atoms with Crippen molar-refractivity contribution in [3.05, 3.63) is 106 Å². The highest BCUT2D eigenvalue weighted by atomic mass is 19.1. The molecule has 0 aliphatic carbocycles. The van der Waals surface area contributed by atoms with Crippen LogP contribution in [0, 0.1) is 17.1 Å². The molecule has 0 bridgehead atoms. The number of ether oxygens (including phenoxy) is 3. The Kier molecular flexibility index (Phi) is 6.72. The van der Waals surface area contributed by atoms with Crippen LogP contribution in [-0.2, 0) is 22.6 Å². The van der Waals surface area contributed by atoms with Crippen molar-refractivity contribution < 1.29 is 28.2 Å². The van der Waals surface area contributed by atoms with Gasteiger partial charge in [0, 0.05) is 5.70 Å². The number of hydrogen-bond acceptors (Lipinski definition) is 6. The molecule has 2 aliphatic heterocycles. The number of urea groups is 1. The van der Waals surface area contributed by atoms with Gasteiger partial charge in [-0.2, -0.15) is 5.26 Å². The van der Waals surface area contributed by atoms with Gasteiger partial charge >= 0.3 is 12.0 Å². The number of aryl methyl sites for hydroxylation is 1. The molecule has 2 N–H and O–H groups in total. The Balaban J connectivity index is 1.42. The molecule has 3 aromatic carbocycles. The molecule has 0 radical (unpaired) electrons. The first-order valence-corrected chi connectivity index (χ1v) is 11.6. The molecule has 1 atom stereocenters. The van der Waals surface area contributed by atoms with Gasteiger partial charge in [0.25, 0.3) is 0 Å². The topological polar surface area (TPSA) is 110 Å². The van der Waals surface area contributed by atoms with Crippen LogP contribution in [0.4, 0.5) is 9.18 Å². The van der Waals surface area contributed by atoms with Crippen LogP contribution in [0.2, 0.25) is 0 Å². The number of carbonyl (C=O) groups is 2. The molecule has 0 aromatic heterocycles. The zero-order chi connectivity index (χ0) is 25.8. The minimum atomic E-state index is -0.725. The number of rotatable bonds is 7. The molecule has 0 fully saturated rings. The summed E-state index contributed by atoms with van der Waals surface area (Å²) in [6.07, 6.45) is 0.879. The second kappa shape index (κ2) is 10.4. The number of nitriles is 1. The highest BCUT2D eigenvalue weighted by Crippen LogP contribution is 2.34. The van der Waals surface area contributed by atoms with Gasteiger partial charge < -0.3 is 24.8 Å². The van der Waals surface area contributed by atoms with E-state index in [1.165, 1.54) is 12.1 Å². The van der Waals surface area contributed by atoms with Gasteiger partial charge in [-0.05, 0) is 53.8 Å². The fourth-order valence-electron chi connectivity index (χ4n) is 4.29. The molecule has 9 heteroatoms. The van der Waals surface area contributed by atoms with E-state index in [0.717, 1.165) is 17.2 Å². The smallest absolute Gasteiger partial charge is 0.338 e. The minimum absolute atomic E-state index is 0.133. The number of allylic oxidation sites excluding steroid dienone is 1. The molecule has 186 valence electrons. The fourth-order valence-corrected chi connectivity index (χ4v) is 4.29. The van der Waals surface area contributed by atoms with Crippen molar-refractivity contribution in [2.24, 2.45) is 0 Å². The summed E-state index contributed by atoms with van der Waals surface area (Å²) in [4.78, 5) is 26.0. The van der Waals surface area contributed by atoms with E-state index in [-0.39, 0.29) is 24.5 Å². The second-order valence-electron chi connectivity index (χ2n) is 8.52. The van der Waals surface area contributed by atoms with E-state index in [1.807, 2.05) is 48.5 Å². The van der Waals surface area contributed by atoms with Gasteiger partial charge in [0.15, 0.2) is 11.5 Å². The van der Waals surface area contributed by atoms with Crippen LogP contribution >= 0.6 is 0 Å². The number of halogens is 1. The van der Waals surface area contributed by atoms with Crippen molar-refractivity contribution in [3.63, 3.8) is 0 Å². The van der Waals surface area contributed by atoms with Crippen LogP contribution < -0.4 is 20.1 Å². The predicted octanol–water partition coefficient (Wildman–Crippen LogP) is 4.41. The normalized spacial score (nSPS) is 16.0. The summed E-state index contributed by atoms with van der Waals surface area (Å²) in [5.41, 5.74) is 2.72. The predicted molar refractivity (Wildman–Crippen MR) is 130 cm³/mol. The molecular weight excluding hydrogens is 477 g/mol. The summed E-state index contributed by atoms with van der Waals surface area (Å²) >= 11 is 0. The van der Waals surface area contributed by atoms with E-state index in [1.54, 1.807) is 6.07 Å². The Hall–Kier alpha value is -4.84. The fraction of sp³-hybridized carbons (Fsp3) is 0.179. The number of nitrogens with zero attached hydrogens (tertiary/aromatic N) is 1. The molecule has 3 aromatic rings. The average Bonchev–Trinajstić information content (AvgIpc) is 3.39. The standard InChI is InChI=1S/C28H22FN3O5/c29-21-9-6-18(12-20(21)14-30)15-35-27(33)25-22(10-7-17-8-11-23-24(13-17)37-16-36-23)31-28(34)32-26(25)19-4-2-1-3-5-19/h1-6,8-9,11-13,26H,7,10,15-16H2,(H2,31,32,34). The van der Waals surface area contributed by atoms with E-state index in [9.17, 15) is 14.0 Å². The van der Waals surface area contributed by atoms with Gasteiger partial charge in [-0.1, -0.05) is 42.5 Å². The molecule has 0 saturated heterocycles. The Morgan fingerprint density at radius 1 is 1.03 bits per heavy atom. The highest BCUT2D eigenvalue weighted by molar-refractivity contribution is 5.95. The Labute approximate surface area is 212 Å². The van der Waals surface area contributed by atoms with Gasteiger partial charge in [0.2, 0.25) is 6.79 Å². The number of carbonyl (C=O) groups excluding carboxylic acids is 2. The number of benzene rings is 3. The molecule has 2 amide bonds. The van der Waals surface area contributed by atoms with Gasteiger partial charge in [0.05, 0.1) is 17.2 Å². The van der Waals surface area contributed by atoms with Gasteiger partial charge in [-0.3, -0.25) is 0 Å². The summed E-state index contributed by atoms with van der Waals surface area (Å²) in [6.45, 7) is 0.00647. The molecule has 37 heavy (non-hydrogen) atoms. The van der Waals surface area contributed by atoms with Crippen molar-refractivity contribution in [2.45, 2.75) is 25.5 Å². The third-order valence-corrected chi connectivity index (χ3v) is 6.13. The van der Waals surface area contributed by atoms with Crippen LogP contribution in [0.15, 0.2) is 78.0 Å². The van der Waals surface area contributed by atoms with E-state index in [0.29, 0.717) is 35.6 Å². The van der Waals surface area contributed by atoms with Crippen molar-refractivity contribution in [3.8, 4) is 17.6 Å². The van der Waals surface area contributed by atoms with Crippen LogP contribution in [0.5, 0.6) is 11.5 Å². The number of esters is 1. The number of fused-ring (bicyclic) bond motifs is 1. The summed E-state index contributed by atoms with van der Waals surface area (Å²) in [5.74, 6) is 0.0462. The van der Waals surface area contributed by atoms with E-state index in [4.69, 9.17) is 19.5 Å². The van der Waals surface area contributed by atoms with E-state index < -0.39 is 23.9 Å². The van der Waals surface area contributed by atoms with Crippen LogP contribution in [0.25, 0.3) is 0 Å². The molecule has 0 spiro atoms. The molecule has 0 saturated carbocycles. The maximum Gasteiger partial charge on any atom is 0.338 e. The first kappa shape index (κ1) is 23.9. The lowest BCUT2D eigenvalue weighted by Crippen LogP contribution is -2.46. The lowest BCUT2D eigenvalue weighted by Gasteiger charge is -2.29. The summed E-state index contributed by atoms with van der Waals surface area (Å²) in [7, 11) is 0. The monoisotopic (exact) mass is 499 g/mol. The summed E-state index contributed by atoms with van der Waals surface area (Å²) in [5, 5.41) is 14.7. The van der Waals surface area contributed by atoms with Crippen molar-refractivity contribution in [1.82, 2.24) is 10.6 Å². The average molecular weight is 499 g/mol. The third kappa shape index (κ3) is 5.23. The SMILES string of the molecule is N#Cc1cc(COC(=O)C2=C(CCc3ccc4c(c3)OCO4)NC(=O)NC2c2ccccc2)ccc1F. The number of nitrogens with one attached hydrogen (secondary N) is 2. The van der Waals surface area contributed by atoms with Crippen LogP contribution in [0.3, 0.4) is 0 Å². The minimum Gasteiger partial charge on any atom is -0.457 e. The van der Waals surface area contributed by atoms with Crippen molar-refractivity contribution >= 4 is 12.0 Å². The van der Waals surface area contributed by atoms with Gasteiger partial charge in [-0.25, -0.2) is 14.0 Å². The number of amides is 2. The van der Waals surface area contributed by atoms with Crippen molar-refractivity contribution in [2.75, 3.05) is 6.79 Å². The van der Waals surface area contributed by atoms with E-state index in [2.05, 4.69) is 10.6 Å². The van der Waals surface area contributed by atoms with Gasteiger partial charge in [-0.15, -0.1) is 0 Å². The largest absolute Gasteiger partial charge is 0.457 e. The first-order chi connectivity index (χ1) is 18.0. The first-order valence-electron chi connectivity index (χ1n) is 11.6. The Morgan fingerprint density at radius 2 is 1.81 bits per heavy atom. The van der Waals surface area contributed by atoms with Crippen LogP contribution in [0.1, 0.15) is 34.7 Å². The maximum absolute atomic E-state index is 13.7. The van der Waals surface area contributed by atoms with E-state index >= 15 is 0 Å². The lowest BCUT2D eigenvalue weighted by atomic mass is 9.93. The Bertz CT molecular complexity index is 1430. The zero-order valence-electron chi connectivity index (χ0n) is 19.6.